The largest absolute Gasteiger partial charge is 0.466 e. The van der Waals surface area contributed by atoms with E-state index in [0.29, 0.717) is 0 Å². The summed E-state index contributed by atoms with van der Waals surface area (Å²) in [6.07, 6.45) is -10.2. The number of hydrogen-bond donors (Lipinski definition) is 1. The molecule has 2 atom stereocenters. The molecule has 0 heterocycles. The quantitative estimate of drug-likeness (QED) is 0.481. The topological polar surface area (TPSA) is 55.8 Å². The van der Waals surface area contributed by atoms with E-state index in [4.69, 9.17) is 4.74 Å². The van der Waals surface area contributed by atoms with Gasteiger partial charge in [0.1, 0.15) is 11.6 Å². The molecule has 0 amide bonds. The molecule has 0 fully saturated rings. The molecule has 0 saturated heterocycles. The van der Waals surface area contributed by atoms with Gasteiger partial charge in [-0.05, 0) is 48.7 Å². The molecule has 0 radical (unpaired) electrons. The first-order valence-electron chi connectivity index (χ1n) is 8.68. The number of ether oxygens (including phenoxy) is 2. The van der Waals surface area contributed by atoms with E-state index in [9.17, 15) is 31.9 Å². The van der Waals surface area contributed by atoms with Gasteiger partial charge in [0.2, 0.25) is 0 Å². The summed E-state index contributed by atoms with van der Waals surface area (Å²) in [5, 5.41) is 10.6. The summed E-state index contributed by atoms with van der Waals surface area (Å²) in [4.78, 5) is 12.3. The van der Waals surface area contributed by atoms with Gasteiger partial charge >= 0.3 is 18.5 Å². The van der Waals surface area contributed by atoms with Gasteiger partial charge in [0.25, 0.3) is 0 Å². The van der Waals surface area contributed by atoms with Gasteiger partial charge in [-0.25, -0.2) is 4.39 Å². The van der Waals surface area contributed by atoms with E-state index < -0.39 is 42.1 Å². The number of aliphatic hydroxyl groups is 1. The third-order valence-corrected chi connectivity index (χ3v) is 4.04. The van der Waals surface area contributed by atoms with Crippen molar-refractivity contribution in [3.63, 3.8) is 0 Å². The molecular weight excluding hydrogens is 399 g/mol. The lowest BCUT2D eigenvalue weighted by molar-refractivity contribution is -0.253. The third kappa shape index (κ3) is 6.15. The van der Waals surface area contributed by atoms with E-state index in [0.717, 1.165) is 24.3 Å². The third-order valence-electron chi connectivity index (χ3n) is 4.04. The maximum Gasteiger partial charge on any atom is 0.461 e. The highest BCUT2D eigenvalue weighted by Gasteiger charge is 2.44. The Bertz CT molecular complexity index is 811. The van der Waals surface area contributed by atoms with E-state index in [1.807, 2.05) is 0 Å². The predicted octanol–water partition coefficient (Wildman–Crippen LogP) is 4.52. The highest BCUT2D eigenvalue weighted by Crippen LogP contribution is 2.31. The zero-order valence-electron chi connectivity index (χ0n) is 15.3. The fourth-order valence-corrected chi connectivity index (χ4v) is 2.66. The number of alkyl halides is 4. The summed E-state index contributed by atoms with van der Waals surface area (Å²) in [6.45, 7) is 1.61. The summed E-state index contributed by atoms with van der Waals surface area (Å²) in [5.41, 5.74) is 0.521. The standard InChI is InChI=1S/C20H19F5O4/c1-2-28-18(27)16(17(26)13-6-8-14(21)9-7-13)11-12-4-3-5-15(10-12)29-20(24,25)19(22)23/h3-10,16-17,19,26H,2,11H2,1H3. The predicted molar refractivity (Wildman–Crippen MR) is 93.2 cm³/mol. The van der Waals surface area contributed by atoms with Crippen LogP contribution in [0.2, 0.25) is 0 Å². The van der Waals surface area contributed by atoms with Gasteiger partial charge in [-0.15, -0.1) is 0 Å². The molecule has 4 nitrogen and oxygen atoms in total. The number of carbonyl (C=O) groups is 1. The average Bonchev–Trinajstić information content (AvgIpc) is 2.66. The molecule has 29 heavy (non-hydrogen) atoms. The minimum absolute atomic E-state index is 0.0369. The minimum atomic E-state index is -4.67. The molecular formula is C20H19F5O4. The highest BCUT2D eigenvalue weighted by atomic mass is 19.3. The van der Waals surface area contributed by atoms with Crippen LogP contribution in [0.3, 0.4) is 0 Å². The van der Waals surface area contributed by atoms with Crippen molar-refractivity contribution in [2.45, 2.75) is 32.0 Å². The van der Waals surface area contributed by atoms with Gasteiger partial charge in [0, 0.05) is 0 Å². The van der Waals surface area contributed by atoms with E-state index >= 15 is 0 Å². The van der Waals surface area contributed by atoms with Crippen LogP contribution >= 0.6 is 0 Å². The Morgan fingerprint density at radius 3 is 2.38 bits per heavy atom. The van der Waals surface area contributed by atoms with Crippen molar-refractivity contribution >= 4 is 5.97 Å². The van der Waals surface area contributed by atoms with Crippen molar-refractivity contribution in [2.24, 2.45) is 5.92 Å². The molecule has 9 heteroatoms. The Morgan fingerprint density at radius 1 is 1.14 bits per heavy atom. The van der Waals surface area contributed by atoms with Crippen molar-refractivity contribution in [2.75, 3.05) is 6.61 Å². The Hall–Kier alpha value is -2.68. The maximum absolute atomic E-state index is 13.1. The molecule has 1 N–H and O–H groups in total. The first-order chi connectivity index (χ1) is 13.6. The van der Waals surface area contributed by atoms with Crippen LogP contribution in [-0.2, 0) is 16.0 Å². The molecule has 0 spiro atoms. The Labute approximate surface area is 163 Å². The van der Waals surface area contributed by atoms with Crippen LogP contribution < -0.4 is 4.74 Å². The van der Waals surface area contributed by atoms with Crippen molar-refractivity contribution in [1.82, 2.24) is 0 Å². The van der Waals surface area contributed by atoms with Crippen LogP contribution in [0.15, 0.2) is 48.5 Å². The average molecular weight is 418 g/mol. The zero-order chi connectivity index (χ0) is 21.6. The van der Waals surface area contributed by atoms with Crippen LogP contribution in [0.5, 0.6) is 5.75 Å². The lowest BCUT2D eigenvalue weighted by atomic mass is 9.89. The molecule has 0 aliphatic rings. The van der Waals surface area contributed by atoms with Crippen molar-refractivity contribution < 1.29 is 41.3 Å². The number of aliphatic hydroxyl groups excluding tert-OH is 1. The van der Waals surface area contributed by atoms with Crippen molar-refractivity contribution in [1.29, 1.82) is 0 Å². The summed E-state index contributed by atoms with van der Waals surface area (Å²) in [7, 11) is 0. The molecule has 0 bridgehead atoms. The first kappa shape index (κ1) is 22.6. The van der Waals surface area contributed by atoms with E-state index in [1.165, 1.54) is 24.3 Å². The van der Waals surface area contributed by atoms with E-state index in [-0.39, 0.29) is 24.2 Å². The lowest BCUT2D eigenvalue weighted by Crippen LogP contribution is -2.33. The SMILES string of the molecule is CCOC(=O)C(Cc1cccc(OC(F)(F)C(F)F)c1)C(O)c1ccc(F)cc1. The molecule has 2 unspecified atom stereocenters. The molecule has 2 rings (SSSR count). The molecule has 2 aromatic rings. The van der Waals surface area contributed by atoms with Crippen LogP contribution in [0.1, 0.15) is 24.2 Å². The second kappa shape index (κ2) is 9.69. The molecule has 0 saturated carbocycles. The number of benzene rings is 2. The van der Waals surface area contributed by atoms with Gasteiger partial charge in [-0.1, -0.05) is 24.3 Å². The van der Waals surface area contributed by atoms with Crippen LogP contribution in [0.25, 0.3) is 0 Å². The minimum Gasteiger partial charge on any atom is -0.466 e. The molecule has 0 aliphatic heterocycles. The van der Waals surface area contributed by atoms with Gasteiger partial charge in [-0.2, -0.15) is 17.6 Å². The van der Waals surface area contributed by atoms with Gasteiger partial charge in [0.05, 0.1) is 18.6 Å². The summed E-state index contributed by atoms with van der Waals surface area (Å²) < 4.78 is 73.0. The number of rotatable bonds is 9. The normalized spacial score (nSPS) is 13.8. The smallest absolute Gasteiger partial charge is 0.461 e. The molecule has 0 aromatic heterocycles. The van der Waals surface area contributed by atoms with Crippen LogP contribution in [-0.4, -0.2) is 30.2 Å². The van der Waals surface area contributed by atoms with E-state index in [2.05, 4.69) is 4.74 Å². The van der Waals surface area contributed by atoms with Crippen LogP contribution in [0.4, 0.5) is 22.0 Å². The van der Waals surface area contributed by atoms with Gasteiger partial charge < -0.3 is 14.6 Å². The number of carbonyl (C=O) groups excluding carboxylic acids is 1. The molecule has 0 aliphatic carbocycles. The molecule has 158 valence electrons. The van der Waals surface area contributed by atoms with E-state index in [1.54, 1.807) is 6.92 Å². The zero-order valence-corrected chi connectivity index (χ0v) is 15.3. The fraction of sp³-hybridized carbons (Fsp3) is 0.350. The number of hydrogen-bond acceptors (Lipinski definition) is 4. The fourth-order valence-electron chi connectivity index (χ4n) is 2.66. The van der Waals surface area contributed by atoms with Crippen LogP contribution in [0, 0.1) is 11.7 Å². The van der Waals surface area contributed by atoms with Crippen molar-refractivity contribution in [3.8, 4) is 5.75 Å². The number of halogens is 5. The lowest BCUT2D eigenvalue weighted by Gasteiger charge is -2.22. The monoisotopic (exact) mass is 418 g/mol. The summed E-state index contributed by atoms with van der Waals surface area (Å²) in [5.74, 6) is -2.95. The molecule has 2 aromatic carbocycles. The maximum atomic E-state index is 13.1. The summed E-state index contributed by atoms with van der Waals surface area (Å²) in [6, 6.07) is 9.71. The Balaban J connectivity index is 2.26. The second-order valence-corrected chi connectivity index (χ2v) is 6.17. The second-order valence-electron chi connectivity index (χ2n) is 6.17. The summed E-state index contributed by atoms with van der Waals surface area (Å²) >= 11 is 0. The number of esters is 1. The Kier molecular flexibility index (Phi) is 7.55. The highest BCUT2D eigenvalue weighted by molar-refractivity contribution is 5.74. The van der Waals surface area contributed by atoms with Gasteiger partial charge in [-0.3, -0.25) is 4.79 Å². The first-order valence-corrected chi connectivity index (χ1v) is 8.68. The van der Waals surface area contributed by atoms with Crippen molar-refractivity contribution in [3.05, 3.63) is 65.5 Å². The Morgan fingerprint density at radius 2 is 1.79 bits per heavy atom. The van der Waals surface area contributed by atoms with Gasteiger partial charge in [0.15, 0.2) is 0 Å².